The highest BCUT2D eigenvalue weighted by atomic mass is 16.3. The molecule has 3 N–H and O–H groups in total. The van der Waals surface area contributed by atoms with Crippen molar-refractivity contribution in [3.8, 4) is 0 Å². The normalized spacial score (nSPS) is 21.2. The van der Waals surface area contributed by atoms with Crippen molar-refractivity contribution in [2.45, 2.75) is 37.6 Å². The average Bonchev–Trinajstić information content (AvgIpc) is 2.51. The summed E-state index contributed by atoms with van der Waals surface area (Å²) in [7, 11) is 2.04. The van der Waals surface area contributed by atoms with Crippen molar-refractivity contribution in [1.82, 2.24) is 4.90 Å². The molecule has 0 aliphatic heterocycles. The summed E-state index contributed by atoms with van der Waals surface area (Å²) < 4.78 is 0. The SMILES string of the molecule is CN(CCO)CCC1(N)CCCC1. The molecule has 0 spiro atoms. The molecule has 0 atom stereocenters. The Bertz CT molecular complexity index is 144. The fourth-order valence-corrected chi connectivity index (χ4v) is 2.03. The number of rotatable bonds is 5. The zero-order chi connectivity index (χ0) is 9.73. The van der Waals surface area contributed by atoms with E-state index in [9.17, 15) is 0 Å². The summed E-state index contributed by atoms with van der Waals surface area (Å²) in [5.74, 6) is 0. The summed E-state index contributed by atoms with van der Waals surface area (Å²) in [5, 5.41) is 8.72. The highest BCUT2D eigenvalue weighted by Gasteiger charge is 2.28. The van der Waals surface area contributed by atoms with Crippen LogP contribution in [0.3, 0.4) is 0 Å². The Morgan fingerprint density at radius 3 is 2.46 bits per heavy atom. The van der Waals surface area contributed by atoms with Crippen molar-refractivity contribution in [2.24, 2.45) is 5.73 Å². The second-order valence-electron chi connectivity index (χ2n) is 4.35. The molecule has 0 amide bonds. The quantitative estimate of drug-likeness (QED) is 0.660. The van der Waals surface area contributed by atoms with Crippen molar-refractivity contribution < 1.29 is 5.11 Å². The van der Waals surface area contributed by atoms with Gasteiger partial charge in [0.25, 0.3) is 0 Å². The molecule has 0 aromatic heterocycles. The first-order chi connectivity index (χ1) is 6.16. The maximum atomic E-state index is 8.72. The Labute approximate surface area is 80.9 Å². The topological polar surface area (TPSA) is 49.5 Å². The van der Waals surface area contributed by atoms with E-state index in [1.165, 1.54) is 25.7 Å². The predicted octanol–water partition coefficient (Wildman–Crippen LogP) is 0.572. The standard InChI is InChI=1S/C10H22N2O/c1-12(8-9-13)7-6-10(11)4-2-3-5-10/h13H,2-9,11H2,1H3. The minimum absolute atomic E-state index is 0.101. The number of aliphatic hydroxyl groups excluding tert-OH is 1. The predicted molar refractivity (Wildman–Crippen MR) is 54.6 cm³/mol. The van der Waals surface area contributed by atoms with Gasteiger partial charge in [-0.25, -0.2) is 0 Å². The van der Waals surface area contributed by atoms with E-state index in [1.807, 2.05) is 7.05 Å². The third-order valence-corrected chi connectivity index (χ3v) is 3.07. The van der Waals surface area contributed by atoms with Gasteiger partial charge in [0.2, 0.25) is 0 Å². The summed E-state index contributed by atoms with van der Waals surface area (Å²) in [5.41, 5.74) is 6.32. The van der Waals surface area contributed by atoms with Gasteiger partial charge in [0.05, 0.1) is 6.61 Å². The number of nitrogens with two attached hydrogens (primary N) is 1. The minimum Gasteiger partial charge on any atom is -0.395 e. The molecule has 0 unspecified atom stereocenters. The van der Waals surface area contributed by atoms with Crippen LogP contribution in [-0.2, 0) is 0 Å². The molecule has 1 aliphatic carbocycles. The Morgan fingerprint density at radius 2 is 1.92 bits per heavy atom. The van der Waals surface area contributed by atoms with E-state index in [0.717, 1.165) is 19.5 Å². The molecule has 1 fully saturated rings. The molecular formula is C10H22N2O. The maximum Gasteiger partial charge on any atom is 0.0558 e. The van der Waals surface area contributed by atoms with Crippen molar-refractivity contribution in [3.63, 3.8) is 0 Å². The van der Waals surface area contributed by atoms with Crippen LogP contribution < -0.4 is 5.73 Å². The Kier molecular flexibility index (Phi) is 4.16. The highest BCUT2D eigenvalue weighted by molar-refractivity contribution is 4.89. The second-order valence-corrected chi connectivity index (χ2v) is 4.35. The number of likely N-dealkylation sites (N-methyl/N-ethyl adjacent to an activating group) is 1. The first-order valence-electron chi connectivity index (χ1n) is 5.25. The van der Waals surface area contributed by atoms with Crippen LogP contribution in [0, 0.1) is 0 Å². The first kappa shape index (κ1) is 11.0. The summed E-state index contributed by atoms with van der Waals surface area (Å²) in [4.78, 5) is 2.15. The van der Waals surface area contributed by atoms with E-state index in [4.69, 9.17) is 10.8 Å². The van der Waals surface area contributed by atoms with Gasteiger partial charge < -0.3 is 15.7 Å². The monoisotopic (exact) mass is 186 g/mol. The van der Waals surface area contributed by atoms with E-state index in [1.54, 1.807) is 0 Å². The largest absolute Gasteiger partial charge is 0.395 e. The molecule has 78 valence electrons. The highest BCUT2D eigenvalue weighted by Crippen LogP contribution is 2.29. The van der Waals surface area contributed by atoms with Crippen LogP contribution in [0.25, 0.3) is 0 Å². The zero-order valence-corrected chi connectivity index (χ0v) is 8.63. The van der Waals surface area contributed by atoms with E-state index < -0.39 is 0 Å². The van der Waals surface area contributed by atoms with Crippen molar-refractivity contribution in [3.05, 3.63) is 0 Å². The maximum absolute atomic E-state index is 8.72. The third kappa shape index (κ3) is 3.63. The van der Waals surface area contributed by atoms with E-state index >= 15 is 0 Å². The van der Waals surface area contributed by atoms with Gasteiger partial charge in [0, 0.05) is 12.1 Å². The van der Waals surface area contributed by atoms with Crippen LogP contribution >= 0.6 is 0 Å². The Balaban J connectivity index is 2.17. The molecule has 1 saturated carbocycles. The van der Waals surface area contributed by atoms with Crippen LogP contribution in [0.15, 0.2) is 0 Å². The summed E-state index contributed by atoms with van der Waals surface area (Å²) in [6.07, 6.45) is 6.02. The fraction of sp³-hybridized carbons (Fsp3) is 1.00. The molecule has 0 aromatic rings. The first-order valence-corrected chi connectivity index (χ1v) is 5.25. The van der Waals surface area contributed by atoms with Gasteiger partial charge in [-0.15, -0.1) is 0 Å². The fourth-order valence-electron chi connectivity index (χ4n) is 2.03. The van der Waals surface area contributed by atoms with Gasteiger partial charge in [0.1, 0.15) is 0 Å². The smallest absolute Gasteiger partial charge is 0.0558 e. The van der Waals surface area contributed by atoms with E-state index in [0.29, 0.717) is 0 Å². The van der Waals surface area contributed by atoms with Gasteiger partial charge in [-0.2, -0.15) is 0 Å². The van der Waals surface area contributed by atoms with Crippen LogP contribution in [0.5, 0.6) is 0 Å². The molecule has 0 saturated heterocycles. The van der Waals surface area contributed by atoms with Gasteiger partial charge in [0.15, 0.2) is 0 Å². The van der Waals surface area contributed by atoms with Crippen LogP contribution in [0.1, 0.15) is 32.1 Å². The molecule has 1 rings (SSSR count). The van der Waals surface area contributed by atoms with Crippen LogP contribution in [-0.4, -0.2) is 42.3 Å². The van der Waals surface area contributed by atoms with Gasteiger partial charge in [-0.3, -0.25) is 0 Å². The lowest BCUT2D eigenvalue weighted by Crippen LogP contribution is -2.40. The van der Waals surface area contributed by atoms with Gasteiger partial charge in [-0.1, -0.05) is 12.8 Å². The lowest BCUT2D eigenvalue weighted by atomic mass is 9.95. The molecule has 1 aliphatic rings. The van der Waals surface area contributed by atoms with Crippen LogP contribution in [0.4, 0.5) is 0 Å². The zero-order valence-electron chi connectivity index (χ0n) is 8.63. The molecule has 0 heterocycles. The molecule has 13 heavy (non-hydrogen) atoms. The number of nitrogens with zero attached hydrogens (tertiary/aromatic N) is 1. The summed E-state index contributed by atoms with van der Waals surface area (Å²) in [6, 6.07) is 0. The van der Waals surface area contributed by atoms with Gasteiger partial charge >= 0.3 is 0 Å². The molecule has 3 heteroatoms. The molecule has 0 aromatic carbocycles. The van der Waals surface area contributed by atoms with Crippen molar-refractivity contribution in [2.75, 3.05) is 26.7 Å². The van der Waals surface area contributed by atoms with E-state index in [2.05, 4.69) is 4.90 Å². The van der Waals surface area contributed by atoms with Crippen LogP contribution in [0.2, 0.25) is 0 Å². The number of hydrogen-bond donors (Lipinski definition) is 2. The number of hydrogen-bond acceptors (Lipinski definition) is 3. The van der Waals surface area contributed by atoms with Crippen molar-refractivity contribution >= 4 is 0 Å². The molecular weight excluding hydrogens is 164 g/mol. The van der Waals surface area contributed by atoms with E-state index in [-0.39, 0.29) is 12.1 Å². The molecule has 0 bridgehead atoms. The summed E-state index contributed by atoms with van der Waals surface area (Å²) >= 11 is 0. The lowest BCUT2D eigenvalue weighted by molar-refractivity contribution is 0.207. The number of aliphatic hydroxyl groups is 1. The second kappa shape index (κ2) is 4.94. The Hall–Kier alpha value is -0.120. The van der Waals surface area contributed by atoms with Gasteiger partial charge in [-0.05, 0) is 32.9 Å². The third-order valence-electron chi connectivity index (χ3n) is 3.07. The molecule has 0 radical (unpaired) electrons. The van der Waals surface area contributed by atoms with Crippen molar-refractivity contribution in [1.29, 1.82) is 0 Å². The minimum atomic E-state index is 0.101. The Morgan fingerprint density at radius 1 is 1.31 bits per heavy atom. The lowest BCUT2D eigenvalue weighted by Gasteiger charge is -2.26. The molecule has 3 nitrogen and oxygen atoms in total. The summed E-state index contributed by atoms with van der Waals surface area (Å²) in [6.45, 7) is 2.02. The average molecular weight is 186 g/mol.